The summed E-state index contributed by atoms with van der Waals surface area (Å²) in [4.78, 5) is 7.40. The fourth-order valence-electron chi connectivity index (χ4n) is 4.49. The van der Waals surface area contributed by atoms with Gasteiger partial charge in [-0.25, -0.2) is 8.42 Å². The minimum absolute atomic E-state index is 0.196. The van der Waals surface area contributed by atoms with Crippen molar-refractivity contribution in [3.8, 4) is 0 Å². The molecule has 2 saturated carbocycles. The van der Waals surface area contributed by atoms with E-state index in [4.69, 9.17) is 4.99 Å². The maximum atomic E-state index is 11.6. The van der Waals surface area contributed by atoms with Crippen molar-refractivity contribution in [1.29, 1.82) is 0 Å². The summed E-state index contributed by atoms with van der Waals surface area (Å²) in [5.74, 6) is 1.75. The molecule has 0 radical (unpaired) electrons. The van der Waals surface area contributed by atoms with Gasteiger partial charge in [0.2, 0.25) is 0 Å². The van der Waals surface area contributed by atoms with Crippen molar-refractivity contribution in [3.05, 3.63) is 0 Å². The number of nitrogens with zero attached hydrogens (tertiary/aromatic N) is 2. The molecule has 0 spiro atoms. The smallest absolute Gasteiger partial charge is 0.191 e. The van der Waals surface area contributed by atoms with Crippen LogP contribution in [-0.2, 0) is 9.84 Å². The summed E-state index contributed by atoms with van der Waals surface area (Å²) in [7, 11) is -2.81. The molecule has 0 aromatic carbocycles. The molecule has 2 heterocycles. The summed E-state index contributed by atoms with van der Waals surface area (Å²) in [6, 6.07) is 1.83. The van der Waals surface area contributed by atoms with Crippen LogP contribution in [0.2, 0.25) is 0 Å². The number of nitrogens with one attached hydrogen (secondary N) is 2. The van der Waals surface area contributed by atoms with E-state index >= 15 is 0 Å². The first-order valence-corrected chi connectivity index (χ1v) is 11.9. The highest BCUT2D eigenvalue weighted by Crippen LogP contribution is 2.26. The molecule has 142 valence electrons. The number of hydrogen-bond donors (Lipinski definition) is 2. The van der Waals surface area contributed by atoms with Gasteiger partial charge in [0.1, 0.15) is 0 Å². The Morgan fingerprint density at radius 2 is 1.76 bits per heavy atom. The van der Waals surface area contributed by atoms with E-state index < -0.39 is 9.84 Å². The first-order valence-electron chi connectivity index (χ1n) is 10.1. The molecule has 2 aliphatic carbocycles. The van der Waals surface area contributed by atoms with Gasteiger partial charge in [0.15, 0.2) is 15.8 Å². The van der Waals surface area contributed by atoms with Crippen molar-refractivity contribution in [1.82, 2.24) is 15.5 Å². The van der Waals surface area contributed by atoms with E-state index in [9.17, 15) is 8.42 Å². The predicted octanol–water partition coefficient (Wildman–Crippen LogP) is 1.14. The van der Waals surface area contributed by atoms with Gasteiger partial charge < -0.3 is 10.6 Å². The van der Waals surface area contributed by atoms with E-state index in [-0.39, 0.29) is 5.92 Å². The molecular formula is C18H32N4O2S. The summed E-state index contributed by atoms with van der Waals surface area (Å²) < 4.78 is 23.3. The van der Waals surface area contributed by atoms with Crippen molar-refractivity contribution in [3.63, 3.8) is 0 Å². The summed E-state index contributed by atoms with van der Waals surface area (Å²) in [5.41, 5.74) is 0. The number of hydrogen-bond acceptors (Lipinski definition) is 4. The van der Waals surface area contributed by atoms with Crippen LogP contribution in [-0.4, -0.2) is 68.5 Å². The Labute approximate surface area is 151 Å². The number of rotatable bonds is 5. The van der Waals surface area contributed by atoms with Gasteiger partial charge >= 0.3 is 0 Å². The molecule has 25 heavy (non-hydrogen) atoms. The molecule has 0 aromatic heterocycles. The largest absolute Gasteiger partial charge is 0.354 e. The average Bonchev–Trinajstić information content (AvgIpc) is 2.98. The van der Waals surface area contributed by atoms with Crippen LogP contribution < -0.4 is 10.6 Å². The summed E-state index contributed by atoms with van der Waals surface area (Å²) in [6.07, 6.45) is 9.89. The highest BCUT2D eigenvalue weighted by atomic mass is 32.2. The number of aliphatic imine (C=N–C) groups is 1. The topological polar surface area (TPSA) is 73.8 Å². The Balaban J connectivity index is 1.30. The molecule has 0 aromatic rings. The Morgan fingerprint density at radius 3 is 2.44 bits per heavy atom. The van der Waals surface area contributed by atoms with Crippen LogP contribution >= 0.6 is 0 Å². The normalized spacial score (nSPS) is 33.8. The zero-order valence-corrected chi connectivity index (χ0v) is 15.9. The van der Waals surface area contributed by atoms with Gasteiger partial charge in [0.05, 0.1) is 11.5 Å². The second-order valence-corrected chi connectivity index (χ2v) is 10.7. The fourth-order valence-corrected chi connectivity index (χ4v) is 6.34. The average molecular weight is 369 g/mol. The van der Waals surface area contributed by atoms with Crippen LogP contribution in [0.4, 0.5) is 0 Å². The lowest BCUT2D eigenvalue weighted by molar-refractivity contribution is 0.242. The molecule has 2 atom stereocenters. The minimum Gasteiger partial charge on any atom is -0.354 e. The molecule has 4 fully saturated rings. The van der Waals surface area contributed by atoms with E-state index in [2.05, 4.69) is 15.5 Å². The van der Waals surface area contributed by atoms with Crippen molar-refractivity contribution >= 4 is 15.8 Å². The van der Waals surface area contributed by atoms with Crippen molar-refractivity contribution in [2.24, 2.45) is 10.9 Å². The van der Waals surface area contributed by atoms with Crippen LogP contribution in [0, 0.1) is 5.92 Å². The number of likely N-dealkylation sites (tertiary alicyclic amines) is 1. The van der Waals surface area contributed by atoms with Gasteiger partial charge in [-0.15, -0.1) is 0 Å². The lowest BCUT2D eigenvalue weighted by Crippen LogP contribution is -2.46. The molecule has 2 unspecified atom stereocenters. The molecule has 4 rings (SSSR count). The summed E-state index contributed by atoms with van der Waals surface area (Å²) in [6.45, 7) is 2.94. The second-order valence-electron chi connectivity index (χ2n) is 8.44. The molecular weight excluding hydrogens is 336 g/mol. The molecule has 2 saturated heterocycles. The molecule has 7 heteroatoms. The summed E-state index contributed by atoms with van der Waals surface area (Å²) >= 11 is 0. The highest BCUT2D eigenvalue weighted by Gasteiger charge is 2.32. The molecule has 4 aliphatic rings. The third kappa shape index (κ3) is 4.88. The van der Waals surface area contributed by atoms with Crippen molar-refractivity contribution in [2.75, 3.05) is 31.1 Å². The standard InChI is InChI=1S/C18H32N4O2S/c23-25(24)10-8-14(13-25)11-19-18(20-15-5-6-15)21-16-7-9-22(12-16)17-3-1-2-4-17/h14-17H,1-13H2,(H2,19,20,21). The Kier molecular flexibility index (Phi) is 5.23. The van der Waals surface area contributed by atoms with E-state index in [1.54, 1.807) is 0 Å². The lowest BCUT2D eigenvalue weighted by atomic mass is 10.1. The quantitative estimate of drug-likeness (QED) is 0.562. The SMILES string of the molecule is O=S1(=O)CCC(CN=C(NC2CC2)NC2CCN(C3CCCC3)C2)C1. The maximum absolute atomic E-state index is 11.6. The fraction of sp³-hybridized carbons (Fsp3) is 0.944. The van der Waals surface area contributed by atoms with Gasteiger partial charge in [-0.1, -0.05) is 12.8 Å². The van der Waals surface area contributed by atoms with E-state index in [0.29, 0.717) is 30.1 Å². The van der Waals surface area contributed by atoms with Crippen molar-refractivity contribution in [2.45, 2.75) is 69.5 Å². The first kappa shape index (κ1) is 17.6. The Morgan fingerprint density at radius 1 is 1.00 bits per heavy atom. The summed E-state index contributed by atoms with van der Waals surface area (Å²) in [5, 5.41) is 7.15. The zero-order chi connectivity index (χ0) is 17.3. The monoisotopic (exact) mass is 368 g/mol. The number of sulfone groups is 1. The molecule has 6 nitrogen and oxygen atoms in total. The Hall–Kier alpha value is -0.820. The van der Waals surface area contributed by atoms with Gasteiger partial charge in [0.25, 0.3) is 0 Å². The number of guanidine groups is 1. The van der Waals surface area contributed by atoms with E-state index in [0.717, 1.165) is 25.0 Å². The zero-order valence-electron chi connectivity index (χ0n) is 15.1. The van der Waals surface area contributed by atoms with Crippen LogP contribution in [0.1, 0.15) is 51.4 Å². The van der Waals surface area contributed by atoms with E-state index in [1.165, 1.54) is 51.5 Å². The molecule has 2 aliphatic heterocycles. The van der Waals surface area contributed by atoms with Gasteiger partial charge in [0, 0.05) is 37.8 Å². The third-order valence-electron chi connectivity index (χ3n) is 6.15. The van der Waals surface area contributed by atoms with Crippen LogP contribution in [0.5, 0.6) is 0 Å². The lowest BCUT2D eigenvalue weighted by Gasteiger charge is -2.24. The van der Waals surface area contributed by atoms with Gasteiger partial charge in [-0.2, -0.15) is 0 Å². The maximum Gasteiger partial charge on any atom is 0.191 e. The van der Waals surface area contributed by atoms with Crippen LogP contribution in [0.25, 0.3) is 0 Å². The molecule has 0 bridgehead atoms. The second kappa shape index (κ2) is 7.43. The van der Waals surface area contributed by atoms with Gasteiger partial charge in [-0.05, 0) is 44.4 Å². The molecule has 0 amide bonds. The highest BCUT2D eigenvalue weighted by molar-refractivity contribution is 7.91. The minimum atomic E-state index is -2.81. The van der Waals surface area contributed by atoms with Gasteiger partial charge in [-0.3, -0.25) is 9.89 Å². The van der Waals surface area contributed by atoms with Crippen LogP contribution in [0.3, 0.4) is 0 Å². The molecule has 2 N–H and O–H groups in total. The third-order valence-corrected chi connectivity index (χ3v) is 7.99. The van der Waals surface area contributed by atoms with Crippen molar-refractivity contribution < 1.29 is 8.42 Å². The van der Waals surface area contributed by atoms with E-state index in [1.807, 2.05) is 0 Å². The predicted molar refractivity (Wildman–Crippen MR) is 101 cm³/mol. The Bertz CT molecular complexity index is 596. The first-order chi connectivity index (χ1) is 12.1. The van der Waals surface area contributed by atoms with Crippen LogP contribution in [0.15, 0.2) is 4.99 Å².